The topological polar surface area (TPSA) is 54.2 Å². The molecular weight excluding hydrogens is 367 g/mol. The van der Waals surface area contributed by atoms with Crippen LogP contribution < -0.4 is 10.6 Å². The fourth-order valence-electron chi connectivity index (χ4n) is 1.39. The molecule has 0 atom stereocenters. The van der Waals surface area contributed by atoms with Gasteiger partial charge in [0.05, 0.1) is 0 Å². The Labute approximate surface area is 128 Å². The number of halogens is 3. The van der Waals surface area contributed by atoms with Gasteiger partial charge in [-0.25, -0.2) is 9.98 Å². The Morgan fingerprint density at radius 1 is 1.47 bits per heavy atom. The van der Waals surface area contributed by atoms with Crippen molar-refractivity contribution in [3.05, 3.63) is 18.2 Å². The van der Waals surface area contributed by atoms with Gasteiger partial charge >= 0.3 is 6.55 Å². The lowest BCUT2D eigenvalue weighted by Gasteiger charge is -2.14. The van der Waals surface area contributed by atoms with E-state index in [2.05, 4.69) is 20.6 Å². The Bertz CT molecular complexity index is 392. The predicted molar refractivity (Wildman–Crippen MR) is 82.0 cm³/mol. The second-order valence-electron chi connectivity index (χ2n) is 4.02. The normalized spacial score (nSPS) is 11.6. The minimum absolute atomic E-state index is 0. The van der Waals surface area contributed by atoms with Crippen molar-refractivity contribution in [2.75, 3.05) is 6.54 Å². The summed E-state index contributed by atoms with van der Waals surface area (Å²) in [5.41, 5.74) is 0. The van der Waals surface area contributed by atoms with Crippen molar-refractivity contribution in [1.82, 2.24) is 20.2 Å². The highest BCUT2D eigenvalue weighted by molar-refractivity contribution is 14.0. The van der Waals surface area contributed by atoms with Crippen LogP contribution in [0.15, 0.2) is 17.4 Å². The lowest BCUT2D eigenvalue weighted by atomic mass is 10.4. The summed E-state index contributed by atoms with van der Waals surface area (Å²) in [5, 5.41) is 6.15. The van der Waals surface area contributed by atoms with E-state index < -0.39 is 6.55 Å². The maximum absolute atomic E-state index is 12.6. The molecule has 2 N–H and O–H groups in total. The van der Waals surface area contributed by atoms with Crippen molar-refractivity contribution < 1.29 is 8.78 Å². The second kappa shape index (κ2) is 9.05. The average molecular weight is 387 g/mol. The van der Waals surface area contributed by atoms with Crippen LogP contribution in [0.5, 0.6) is 0 Å². The third-order valence-electron chi connectivity index (χ3n) is 2.11. The number of nitrogens with one attached hydrogen (secondary N) is 2. The molecule has 0 saturated carbocycles. The van der Waals surface area contributed by atoms with E-state index in [1.54, 1.807) is 0 Å². The maximum atomic E-state index is 12.6. The third-order valence-corrected chi connectivity index (χ3v) is 2.11. The Morgan fingerprint density at radius 2 is 2.16 bits per heavy atom. The van der Waals surface area contributed by atoms with Gasteiger partial charge in [0.1, 0.15) is 12.4 Å². The van der Waals surface area contributed by atoms with Gasteiger partial charge in [0.2, 0.25) is 0 Å². The molecule has 19 heavy (non-hydrogen) atoms. The molecule has 1 aromatic rings. The molecule has 0 amide bonds. The Morgan fingerprint density at radius 3 is 2.68 bits per heavy atom. The number of guanidine groups is 1. The molecular formula is C11H20F2IN5. The van der Waals surface area contributed by atoms with Crippen LogP contribution in [0.1, 0.15) is 33.1 Å². The van der Waals surface area contributed by atoms with Gasteiger partial charge in [-0.1, -0.05) is 0 Å². The molecule has 1 rings (SSSR count). The number of aromatic nitrogens is 2. The SMILES string of the molecule is CCNC(=NCc1nccn1C(F)F)NC(C)C.I. The summed E-state index contributed by atoms with van der Waals surface area (Å²) in [6.07, 6.45) is 2.60. The molecule has 0 aliphatic carbocycles. The van der Waals surface area contributed by atoms with Crippen LogP contribution in [0.25, 0.3) is 0 Å². The molecule has 8 heteroatoms. The number of alkyl halides is 2. The quantitative estimate of drug-likeness (QED) is 0.464. The molecule has 0 aromatic carbocycles. The first-order valence-electron chi connectivity index (χ1n) is 5.89. The molecule has 5 nitrogen and oxygen atoms in total. The minimum atomic E-state index is -2.58. The summed E-state index contributed by atoms with van der Waals surface area (Å²) in [6.45, 7) is 4.14. The molecule has 0 saturated heterocycles. The van der Waals surface area contributed by atoms with Crippen LogP contribution >= 0.6 is 24.0 Å². The van der Waals surface area contributed by atoms with Crippen molar-refractivity contribution in [3.63, 3.8) is 0 Å². The van der Waals surface area contributed by atoms with Crippen LogP contribution in [-0.2, 0) is 6.54 Å². The largest absolute Gasteiger partial charge is 0.357 e. The molecule has 0 spiro atoms. The van der Waals surface area contributed by atoms with E-state index in [4.69, 9.17) is 0 Å². The fraction of sp³-hybridized carbons (Fsp3) is 0.636. The van der Waals surface area contributed by atoms with Crippen LogP contribution in [0, 0.1) is 0 Å². The molecule has 1 heterocycles. The van der Waals surface area contributed by atoms with E-state index >= 15 is 0 Å². The zero-order valence-corrected chi connectivity index (χ0v) is 13.6. The highest BCUT2D eigenvalue weighted by atomic mass is 127. The number of aliphatic imine (C=N–C) groups is 1. The molecule has 0 aliphatic heterocycles. The number of hydrogen-bond acceptors (Lipinski definition) is 2. The molecule has 110 valence electrons. The van der Waals surface area contributed by atoms with Gasteiger partial charge in [-0.15, -0.1) is 24.0 Å². The van der Waals surface area contributed by atoms with E-state index in [0.717, 1.165) is 4.57 Å². The maximum Gasteiger partial charge on any atom is 0.319 e. The zero-order valence-electron chi connectivity index (χ0n) is 11.2. The second-order valence-corrected chi connectivity index (χ2v) is 4.02. The van der Waals surface area contributed by atoms with Gasteiger partial charge in [-0.3, -0.25) is 4.57 Å². The lowest BCUT2D eigenvalue weighted by molar-refractivity contribution is 0.0671. The van der Waals surface area contributed by atoms with Crippen molar-refractivity contribution >= 4 is 29.9 Å². The van der Waals surface area contributed by atoms with Crippen molar-refractivity contribution in [3.8, 4) is 0 Å². The van der Waals surface area contributed by atoms with E-state index in [1.807, 2.05) is 20.8 Å². The highest BCUT2D eigenvalue weighted by Crippen LogP contribution is 2.12. The summed E-state index contributed by atoms with van der Waals surface area (Å²) < 4.78 is 26.0. The number of rotatable bonds is 5. The van der Waals surface area contributed by atoms with Crippen LogP contribution in [0.4, 0.5) is 8.78 Å². The number of hydrogen-bond donors (Lipinski definition) is 2. The van der Waals surface area contributed by atoms with Gasteiger partial charge in [-0.2, -0.15) is 8.78 Å². The summed E-state index contributed by atoms with van der Waals surface area (Å²) in [6, 6.07) is 0.220. The molecule has 0 unspecified atom stereocenters. The summed E-state index contributed by atoms with van der Waals surface area (Å²) >= 11 is 0. The minimum Gasteiger partial charge on any atom is -0.357 e. The van der Waals surface area contributed by atoms with Crippen molar-refractivity contribution in [2.24, 2.45) is 4.99 Å². The van der Waals surface area contributed by atoms with Crippen LogP contribution in [-0.4, -0.2) is 28.1 Å². The third kappa shape index (κ3) is 6.17. The van der Waals surface area contributed by atoms with Crippen LogP contribution in [0.3, 0.4) is 0 Å². The van der Waals surface area contributed by atoms with E-state index in [1.165, 1.54) is 12.4 Å². The van der Waals surface area contributed by atoms with Gasteiger partial charge in [0.15, 0.2) is 5.96 Å². The molecule has 1 aromatic heterocycles. The summed E-state index contributed by atoms with van der Waals surface area (Å²) in [7, 11) is 0. The van der Waals surface area contributed by atoms with Gasteiger partial charge < -0.3 is 10.6 Å². The van der Waals surface area contributed by atoms with Gasteiger partial charge in [0, 0.05) is 25.0 Å². The molecule has 0 aliphatic rings. The predicted octanol–water partition coefficient (Wildman–Crippen LogP) is 2.36. The lowest BCUT2D eigenvalue weighted by Crippen LogP contribution is -2.41. The summed E-state index contributed by atoms with van der Waals surface area (Å²) in [4.78, 5) is 8.09. The van der Waals surface area contributed by atoms with E-state index in [-0.39, 0.29) is 42.4 Å². The smallest absolute Gasteiger partial charge is 0.319 e. The first-order chi connectivity index (χ1) is 8.54. The number of imidazole rings is 1. The van der Waals surface area contributed by atoms with Crippen LogP contribution in [0.2, 0.25) is 0 Å². The number of nitrogens with zero attached hydrogens (tertiary/aromatic N) is 3. The summed E-state index contributed by atoms with van der Waals surface area (Å²) in [5.74, 6) is 0.835. The van der Waals surface area contributed by atoms with Gasteiger partial charge in [-0.05, 0) is 20.8 Å². The van der Waals surface area contributed by atoms with Crippen molar-refractivity contribution in [2.45, 2.75) is 39.9 Å². The van der Waals surface area contributed by atoms with E-state index in [9.17, 15) is 8.78 Å². The van der Waals surface area contributed by atoms with Crippen molar-refractivity contribution in [1.29, 1.82) is 0 Å². The Kier molecular flexibility index (Phi) is 8.61. The Hall–Kier alpha value is -0.930. The highest BCUT2D eigenvalue weighted by Gasteiger charge is 2.10. The molecule has 0 fully saturated rings. The van der Waals surface area contributed by atoms with E-state index in [0.29, 0.717) is 12.5 Å². The van der Waals surface area contributed by atoms with Gasteiger partial charge in [0.25, 0.3) is 0 Å². The fourth-order valence-corrected chi connectivity index (χ4v) is 1.39. The zero-order chi connectivity index (χ0) is 13.5. The average Bonchev–Trinajstić information content (AvgIpc) is 2.73. The Balaban J connectivity index is 0.00000324. The monoisotopic (exact) mass is 387 g/mol. The standard InChI is InChI=1S/C11H19F2N5.HI/c1-4-14-11(17-8(2)3)16-7-9-15-5-6-18(9)10(12)13;/h5-6,8,10H,4,7H2,1-3H3,(H2,14,16,17);1H. The first kappa shape index (κ1) is 18.1. The first-order valence-corrected chi connectivity index (χ1v) is 5.89. The molecule has 0 radical (unpaired) electrons. The molecule has 0 bridgehead atoms.